The van der Waals surface area contributed by atoms with Crippen molar-refractivity contribution in [1.29, 1.82) is 0 Å². The molecule has 0 aliphatic heterocycles. The van der Waals surface area contributed by atoms with E-state index in [1.807, 2.05) is 0 Å². The van der Waals surface area contributed by atoms with Crippen LogP contribution in [0.2, 0.25) is 0 Å². The summed E-state index contributed by atoms with van der Waals surface area (Å²) in [5.74, 6) is 1.19. The molecule has 1 saturated carbocycles. The Kier molecular flexibility index (Phi) is 5.81. The third kappa shape index (κ3) is 4.97. The SMILES string of the molecule is CC(C)C[C@@H](N)C(=O)NCC1CCCCC1. The predicted octanol–water partition coefficient (Wildman–Crippen LogP) is 2.06. The summed E-state index contributed by atoms with van der Waals surface area (Å²) in [7, 11) is 0. The van der Waals surface area contributed by atoms with Gasteiger partial charge in [-0.2, -0.15) is 0 Å². The highest BCUT2D eigenvalue weighted by Gasteiger charge is 2.18. The second-order valence-electron chi connectivity index (χ2n) is 5.49. The molecule has 1 amide bonds. The second kappa shape index (κ2) is 6.89. The number of nitrogens with one attached hydrogen (secondary N) is 1. The van der Waals surface area contributed by atoms with Crippen molar-refractivity contribution in [2.75, 3.05) is 6.54 Å². The molecule has 0 bridgehead atoms. The number of amides is 1. The zero-order chi connectivity index (χ0) is 12.0. The van der Waals surface area contributed by atoms with Crippen molar-refractivity contribution in [2.24, 2.45) is 17.6 Å². The van der Waals surface area contributed by atoms with E-state index >= 15 is 0 Å². The zero-order valence-electron chi connectivity index (χ0n) is 10.7. The summed E-state index contributed by atoms with van der Waals surface area (Å²) in [5, 5.41) is 2.99. The molecule has 0 saturated heterocycles. The molecule has 3 heteroatoms. The first kappa shape index (κ1) is 13.5. The Morgan fingerprint density at radius 2 is 1.94 bits per heavy atom. The molecule has 0 unspecified atom stereocenters. The molecular weight excluding hydrogens is 200 g/mol. The Labute approximate surface area is 99.2 Å². The van der Waals surface area contributed by atoms with Crippen molar-refractivity contribution in [3.63, 3.8) is 0 Å². The fourth-order valence-corrected chi connectivity index (χ4v) is 2.38. The van der Waals surface area contributed by atoms with Crippen LogP contribution in [0.15, 0.2) is 0 Å². The minimum atomic E-state index is -0.330. The van der Waals surface area contributed by atoms with Crippen LogP contribution >= 0.6 is 0 Å². The maximum Gasteiger partial charge on any atom is 0.236 e. The van der Waals surface area contributed by atoms with E-state index in [1.54, 1.807) is 0 Å². The van der Waals surface area contributed by atoms with Gasteiger partial charge in [-0.1, -0.05) is 33.1 Å². The van der Waals surface area contributed by atoms with Crippen molar-refractivity contribution in [2.45, 2.75) is 58.4 Å². The summed E-state index contributed by atoms with van der Waals surface area (Å²) in [4.78, 5) is 11.7. The van der Waals surface area contributed by atoms with Gasteiger partial charge in [0.1, 0.15) is 0 Å². The number of carbonyl (C=O) groups excluding carboxylic acids is 1. The first-order valence-electron chi connectivity index (χ1n) is 6.63. The number of hydrogen-bond donors (Lipinski definition) is 2. The van der Waals surface area contributed by atoms with Gasteiger partial charge in [0.15, 0.2) is 0 Å². The van der Waals surface area contributed by atoms with E-state index in [9.17, 15) is 4.79 Å². The quantitative estimate of drug-likeness (QED) is 0.754. The molecule has 16 heavy (non-hydrogen) atoms. The van der Waals surface area contributed by atoms with Crippen LogP contribution < -0.4 is 11.1 Å². The molecule has 1 fully saturated rings. The lowest BCUT2D eigenvalue weighted by Gasteiger charge is -2.23. The van der Waals surface area contributed by atoms with Crippen LogP contribution in [-0.4, -0.2) is 18.5 Å². The van der Waals surface area contributed by atoms with Gasteiger partial charge in [-0.15, -0.1) is 0 Å². The standard InChI is InChI=1S/C13H26N2O/c1-10(2)8-12(14)13(16)15-9-11-6-4-3-5-7-11/h10-12H,3-9,14H2,1-2H3,(H,15,16)/t12-/m1/s1. The topological polar surface area (TPSA) is 55.1 Å². The molecule has 0 aromatic rings. The molecule has 0 heterocycles. The van der Waals surface area contributed by atoms with Crippen LogP contribution in [0.5, 0.6) is 0 Å². The molecule has 94 valence electrons. The minimum absolute atomic E-state index is 0.0271. The average molecular weight is 226 g/mol. The van der Waals surface area contributed by atoms with Crippen molar-refractivity contribution >= 4 is 5.91 Å². The van der Waals surface area contributed by atoms with Gasteiger partial charge in [0.25, 0.3) is 0 Å². The second-order valence-corrected chi connectivity index (χ2v) is 5.49. The van der Waals surface area contributed by atoms with E-state index in [4.69, 9.17) is 5.73 Å². The van der Waals surface area contributed by atoms with E-state index in [0.29, 0.717) is 11.8 Å². The third-order valence-corrected chi connectivity index (χ3v) is 3.35. The highest BCUT2D eigenvalue weighted by molar-refractivity contribution is 5.81. The van der Waals surface area contributed by atoms with Gasteiger partial charge < -0.3 is 11.1 Å². The van der Waals surface area contributed by atoms with Gasteiger partial charge in [-0.05, 0) is 31.1 Å². The Hall–Kier alpha value is -0.570. The molecule has 3 nitrogen and oxygen atoms in total. The number of nitrogens with two attached hydrogens (primary N) is 1. The fraction of sp³-hybridized carbons (Fsp3) is 0.923. The highest BCUT2D eigenvalue weighted by atomic mass is 16.2. The Bertz CT molecular complexity index is 210. The molecule has 0 radical (unpaired) electrons. The van der Waals surface area contributed by atoms with Gasteiger partial charge in [-0.25, -0.2) is 0 Å². The average Bonchev–Trinajstić information content (AvgIpc) is 2.26. The van der Waals surface area contributed by atoms with Crippen LogP contribution in [0.4, 0.5) is 0 Å². The van der Waals surface area contributed by atoms with Gasteiger partial charge in [0.05, 0.1) is 6.04 Å². The molecular formula is C13H26N2O. The molecule has 1 aliphatic carbocycles. The Morgan fingerprint density at radius 1 is 1.31 bits per heavy atom. The van der Waals surface area contributed by atoms with E-state index in [2.05, 4.69) is 19.2 Å². The molecule has 0 aromatic heterocycles. The monoisotopic (exact) mass is 226 g/mol. The van der Waals surface area contributed by atoms with Crippen molar-refractivity contribution in [3.05, 3.63) is 0 Å². The zero-order valence-corrected chi connectivity index (χ0v) is 10.7. The van der Waals surface area contributed by atoms with E-state index in [0.717, 1.165) is 13.0 Å². The maximum atomic E-state index is 11.7. The van der Waals surface area contributed by atoms with E-state index in [-0.39, 0.29) is 11.9 Å². The predicted molar refractivity (Wildman–Crippen MR) is 67.0 cm³/mol. The Balaban J connectivity index is 2.17. The molecule has 0 spiro atoms. The summed E-state index contributed by atoms with van der Waals surface area (Å²) in [6, 6.07) is -0.330. The lowest BCUT2D eigenvalue weighted by Crippen LogP contribution is -2.43. The summed E-state index contributed by atoms with van der Waals surface area (Å²) >= 11 is 0. The maximum absolute atomic E-state index is 11.7. The summed E-state index contributed by atoms with van der Waals surface area (Å²) in [6.45, 7) is 5.01. The van der Waals surface area contributed by atoms with Crippen LogP contribution in [0.1, 0.15) is 52.4 Å². The summed E-state index contributed by atoms with van der Waals surface area (Å²) in [5.41, 5.74) is 5.82. The molecule has 1 aliphatic rings. The van der Waals surface area contributed by atoms with Gasteiger partial charge in [0, 0.05) is 6.54 Å². The van der Waals surface area contributed by atoms with Crippen LogP contribution in [0.3, 0.4) is 0 Å². The highest BCUT2D eigenvalue weighted by Crippen LogP contribution is 2.22. The summed E-state index contributed by atoms with van der Waals surface area (Å²) in [6.07, 6.45) is 7.30. The lowest BCUT2D eigenvalue weighted by atomic mass is 9.89. The fourth-order valence-electron chi connectivity index (χ4n) is 2.38. The smallest absolute Gasteiger partial charge is 0.236 e. The van der Waals surface area contributed by atoms with Crippen molar-refractivity contribution in [1.82, 2.24) is 5.32 Å². The largest absolute Gasteiger partial charge is 0.354 e. The normalized spacial score (nSPS) is 19.8. The first-order chi connectivity index (χ1) is 7.59. The van der Waals surface area contributed by atoms with Gasteiger partial charge in [0.2, 0.25) is 5.91 Å². The molecule has 1 rings (SSSR count). The minimum Gasteiger partial charge on any atom is -0.354 e. The van der Waals surface area contributed by atoms with E-state index in [1.165, 1.54) is 32.1 Å². The lowest BCUT2D eigenvalue weighted by molar-refractivity contribution is -0.122. The summed E-state index contributed by atoms with van der Waals surface area (Å²) < 4.78 is 0. The number of carbonyl (C=O) groups is 1. The Morgan fingerprint density at radius 3 is 2.50 bits per heavy atom. The van der Waals surface area contributed by atoms with Gasteiger partial charge in [-0.3, -0.25) is 4.79 Å². The molecule has 1 atom stereocenters. The van der Waals surface area contributed by atoms with Crippen molar-refractivity contribution < 1.29 is 4.79 Å². The van der Waals surface area contributed by atoms with Crippen LogP contribution in [-0.2, 0) is 4.79 Å². The third-order valence-electron chi connectivity index (χ3n) is 3.35. The van der Waals surface area contributed by atoms with Crippen LogP contribution in [0, 0.1) is 11.8 Å². The van der Waals surface area contributed by atoms with Gasteiger partial charge >= 0.3 is 0 Å². The van der Waals surface area contributed by atoms with E-state index < -0.39 is 0 Å². The first-order valence-corrected chi connectivity index (χ1v) is 6.63. The van der Waals surface area contributed by atoms with Crippen molar-refractivity contribution in [3.8, 4) is 0 Å². The number of rotatable bonds is 5. The van der Waals surface area contributed by atoms with Crippen LogP contribution in [0.25, 0.3) is 0 Å². The molecule has 3 N–H and O–H groups in total. The number of hydrogen-bond acceptors (Lipinski definition) is 2. The molecule has 0 aromatic carbocycles.